The normalized spacial score (nSPS) is 11.4. The number of ether oxygens (including phenoxy) is 2. The highest BCUT2D eigenvalue weighted by molar-refractivity contribution is 7.92. The predicted octanol–water partition coefficient (Wildman–Crippen LogP) is 2.15. The molecule has 0 aliphatic heterocycles. The lowest BCUT2D eigenvalue weighted by Crippen LogP contribution is -2.13. The second-order valence-corrected chi connectivity index (χ2v) is 6.42. The van der Waals surface area contributed by atoms with E-state index < -0.39 is 10.0 Å². The fraction of sp³-hybridized carbons (Fsp3) is 0.133. The number of benzene rings is 1. The van der Waals surface area contributed by atoms with Crippen LogP contribution in [0.4, 0.5) is 5.69 Å². The van der Waals surface area contributed by atoms with Gasteiger partial charge in [-0.05, 0) is 24.3 Å². The number of fused-ring (bicyclic) bond motifs is 1. The van der Waals surface area contributed by atoms with E-state index in [1.54, 1.807) is 41.2 Å². The van der Waals surface area contributed by atoms with Crippen molar-refractivity contribution in [1.29, 1.82) is 0 Å². The molecular weight excluding hydrogens is 318 g/mol. The monoisotopic (exact) mass is 333 g/mol. The van der Waals surface area contributed by atoms with Crippen molar-refractivity contribution in [2.45, 2.75) is 4.90 Å². The Balaban J connectivity index is 1.94. The average Bonchev–Trinajstić information content (AvgIpc) is 3.01. The Labute approximate surface area is 133 Å². The van der Waals surface area contributed by atoms with Gasteiger partial charge in [-0.15, -0.1) is 0 Å². The molecule has 3 rings (SSSR count). The van der Waals surface area contributed by atoms with Crippen LogP contribution in [0.5, 0.6) is 11.5 Å². The van der Waals surface area contributed by atoms with Crippen molar-refractivity contribution in [3.63, 3.8) is 0 Å². The van der Waals surface area contributed by atoms with E-state index in [0.29, 0.717) is 17.2 Å². The molecular formula is C15H15N3O4S. The van der Waals surface area contributed by atoms with E-state index in [4.69, 9.17) is 9.47 Å². The Morgan fingerprint density at radius 2 is 1.87 bits per heavy atom. The van der Waals surface area contributed by atoms with Gasteiger partial charge in [0.2, 0.25) is 0 Å². The molecule has 0 bridgehead atoms. The summed E-state index contributed by atoms with van der Waals surface area (Å²) < 4.78 is 39.5. The SMILES string of the molecule is COc1ccc(S(=O)(=O)Nc2ccc3nccn3c2)cc1OC. The van der Waals surface area contributed by atoms with E-state index in [2.05, 4.69) is 9.71 Å². The molecule has 0 radical (unpaired) electrons. The summed E-state index contributed by atoms with van der Waals surface area (Å²) in [6.07, 6.45) is 5.03. The third-order valence-electron chi connectivity index (χ3n) is 3.31. The van der Waals surface area contributed by atoms with Crippen LogP contribution >= 0.6 is 0 Å². The van der Waals surface area contributed by atoms with Gasteiger partial charge in [0, 0.05) is 24.7 Å². The molecule has 8 heteroatoms. The summed E-state index contributed by atoms with van der Waals surface area (Å²) in [5.74, 6) is 0.812. The standard InChI is InChI=1S/C15H15N3O4S/c1-21-13-5-4-12(9-14(13)22-2)23(19,20)17-11-3-6-15-16-7-8-18(15)10-11/h3-10,17H,1-2H3. The van der Waals surface area contributed by atoms with E-state index >= 15 is 0 Å². The minimum absolute atomic E-state index is 0.0841. The maximum atomic E-state index is 12.5. The van der Waals surface area contributed by atoms with Crippen molar-refractivity contribution in [3.8, 4) is 11.5 Å². The van der Waals surface area contributed by atoms with Crippen LogP contribution in [0.3, 0.4) is 0 Å². The topological polar surface area (TPSA) is 81.9 Å². The molecule has 0 spiro atoms. The van der Waals surface area contributed by atoms with Crippen LogP contribution in [0.25, 0.3) is 5.65 Å². The van der Waals surface area contributed by atoms with Crippen LogP contribution in [0.15, 0.2) is 53.8 Å². The quantitative estimate of drug-likeness (QED) is 0.774. The highest BCUT2D eigenvalue weighted by Gasteiger charge is 2.17. The zero-order chi connectivity index (χ0) is 16.4. The van der Waals surface area contributed by atoms with E-state index in [-0.39, 0.29) is 4.90 Å². The molecule has 2 aromatic heterocycles. The van der Waals surface area contributed by atoms with Crippen LogP contribution in [0.1, 0.15) is 0 Å². The van der Waals surface area contributed by atoms with Crippen LogP contribution in [-0.4, -0.2) is 32.0 Å². The Hall–Kier alpha value is -2.74. The molecule has 23 heavy (non-hydrogen) atoms. The second kappa shape index (κ2) is 5.81. The molecule has 2 heterocycles. The molecule has 0 atom stereocenters. The maximum Gasteiger partial charge on any atom is 0.262 e. The number of pyridine rings is 1. The highest BCUT2D eigenvalue weighted by atomic mass is 32.2. The van der Waals surface area contributed by atoms with Crippen LogP contribution in [0.2, 0.25) is 0 Å². The van der Waals surface area contributed by atoms with Gasteiger partial charge in [0.1, 0.15) is 5.65 Å². The summed E-state index contributed by atoms with van der Waals surface area (Å²) in [7, 11) is -0.798. The van der Waals surface area contributed by atoms with Crippen molar-refractivity contribution in [3.05, 3.63) is 48.9 Å². The molecule has 0 saturated heterocycles. The van der Waals surface area contributed by atoms with Gasteiger partial charge in [-0.1, -0.05) is 0 Å². The van der Waals surface area contributed by atoms with E-state index in [9.17, 15) is 8.42 Å². The molecule has 0 aliphatic carbocycles. The number of rotatable bonds is 5. The van der Waals surface area contributed by atoms with Gasteiger partial charge in [-0.25, -0.2) is 13.4 Å². The Morgan fingerprint density at radius 1 is 1.09 bits per heavy atom. The summed E-state index contributed by atoms with van der Waals surface area (Å²) >= 11 is 0. The van der Waals surface area contributed by atoms with Gasteiger partial charge >= 0.3 is 0 Å². The number of nitrogens with one attached hydrogen (secondary N) is 1. The third kappa shape index (κ3) is 2.93. The van der Waals surface area contributed by atoms with Gasteiger partial charge in [0.05, 0.1) is 24.8 Å². The summed E-state index contributed by atoms with van der Waals surface area (Å²) in [4.78, 5) is 4.20. The maximum absolute atomic E-state index is 12.5. The van der Waals surface area contributed by atoms with Crippen LogP contribution in [-0.2, 0) is 10.0 Å². The Morgan fingerprint density at radius 3 is 2.61 bits per heavy atom. The lowest BCUT2D eigenvalue weighted by molar-refractivity contribution is 0.354. The molecule has 0 unspecified atom stereocenters. The molecule has 0 fully saturated rings. The Kier molecular flexibility index (Phi) is 3.83. The van der Waals surface area contributed by atoms with Gasteiger partial charge in [0.15, 0.2) is 11.5 Å². The van der Waals surface area contributed by atoms with Crippen LogP contribution in [0, 0.1) is 0 Å². The minimum atomic E-state index is -3.74. The summed E-state index contributed by atoms with van der Waals surface area (Å²) in [6, 6.07) is 7.80. The molecule has 1 aromatic carbocycles. The second-order valence-electron chi connectivity index (χ2n) is 4.73. The number of aromatic nitrogens is 2. The summed E-state index contributed by atoms with van der Waals surface area (Å²) in [5.41, 5.74) is 1.17. The van der Waals surface area contributed by atoms with Crippen molar-refractivity contribution in [2.24, 2.45) is 0 Å². The van der Waals surface area contributed by atoms with Gasteiger partial charge in [-0.2, -0.15) is 0 Å². The first-order chi connectivity index (χ1) is 11.0. The van der Waals surface area contributed by atoms with E-state index in [1.165, 1.54) is 26.4 Å². The number of hydrogen-bond acceptors (Lipinski definition) is 5. The van der Waals surface area contributed by atoms with Gasteiger partial charge < -0.3 is 13.9 Å². The van der Waals surface area contributed by atoms with Crippen molar-refractivity contribution >= 4 is 21.4 Å². The van der Waals surface area contributed by atoms with Crippen molar-refractivity contribution < 1.29 is 17.9 Å². The first-order valence-corrected chi connectivity index (χ1v) is 8.19. The molecule has 0 aliphatic rings. The molecule has 0 amide bonds. The molecule has 3 aromatic rings. The zero-order valence-corrected chi connectivity index (χ0v) is 13.4. The molecule has 1 N–H and O–H groups in total. The first-order valence-electron chi connectivity index (χ1n) is 6.71. The molecule has 0 saturated carbocycles. The van der Waals surface area contributed by atoms with E-state index in [0.717, 1.165) is 5.65 Å². The number of sulfonamides is 1. The largest absolute Gasteiger partial charge is 0.493 e. The molecule has 7 nitrogen and oxygen atoms in total. The highest BCUT2D eigenvalue weighted by Crippen LogP contribution is 2.30. The lowest BCUT2D eigenvalue weighted by atomic mass is 10.3. The third-order valence-corrected chi connectivity index (χ3v) is 4.69. The summed E-state index contributed by atoms with van der Waals surface area (Å²) in [6.45, 7) is 0. The Bertz CT molecular complexity index is 950. The number of hydrogen-bond donors (Lipinski definition) is 1. The fourth-order valence-corrected chi connectivity index (χ4v) is 3.24. The minimum Gasteiger partial charge on any atom is -0.493 e. The zero-order valence-electron chi connectivity index (χ0n) is 12.6. The lowest BCUT2D eigenvalue weighted by Gasteiger charge is -2.11. The first kappa shape index (κ1) is 15.2. The number of methoxy groups -OCH3 is 2. The summed E-state index contributed by atoms with van der Waals surface area (Å²) in [5, 5.41) is 0. The van der Waals surface area contributed by atoms with Gasteiger partial charge in [0.25, 0.3) is 10.0 Å². The van der Waals surface area contributed by atoms with E-state index in [1.807, 2.05) is 0 Å². The van der Waals surface area contributed by atoms with Crippen molar-refractivity contribution in [2.75, 3.05) is 18.9 Å². The van der Waals surface area contributed by atoms with Gasteiger partial charge in [-0.3, -0.25) is 4.72 Å². The predicted molar refractivity (Wildman–Crippen MR) is 85.5 cm³/mol. The molecule has 120 valence electrons. The number of nitrogens with zero attached hydrogens (tertiary/aromatic N) is 2. The average molecular weight is 333 g/mol. The van der Waals surface area contributed by atoms with Crippen LogP contribution < -0.4 is 14.2 Å². The smallest absolute Gasteiger partial charge is 0.262 e. The number of anilines is 1. The fourth-order valence-electron chi connectivity index (χ4n) is 2.18. The van der Waals surface area contributed by atoms with Crippen molar-refractivity contribution in [1.82, 2.24) is 9.38 Å². The number of imidazole rings is 1.